The molecule has 1 aromatic heterocycles. The minimum Gasteiger partial charge on any atom is -0.494 e. The highest BCUT2D eigenvalue weighted by molar-refractivity contribution is 6.05. The fraction of sp³-hybridized carbons (Fsp3) is 0.238. The van der Waals surface area contributed by atoms with Gasteiger partial charge in [0.1, 0.15) is 5.75 Å². The Morgan fingerprint density at radius 2 is 1.93 bits per heavy atom. The maximum atomic E-state index is 13.1. The number of rotatable bonds is 5. The lowest BCUT2D eigenvalue weighted by molar-refractivity contribution is -0.137. The van der Waals surface area contributed by atoms with Gasteiger partial charge < -0.3 is 9.84 Å². The van der Waals surface area contributed by atoms with Crippen LogP contribution in [0.1, 0.15) is 34.8 Å². The van der Waals surface area contributed by atoms with Crippen molar-refractivity contribution in [2.24, 2.45) is 0 Å². The number of nitrogens with zero attached hydrogens (tertiary/aromatic N) is 1. The largest absolute Gasteiger partial charge is 0.494 e. The zero-order chi connectivity index (χ0) is 20.5. The maximum absolute atomic E-state index is 13.1. The molecule has 0 spiro atoms. The number of carbonyl (C=O) groups is 1. The van der Waals surface area contributed by atoms with Crippen molar-refractivity contribution in [1.29, 1.82) is 0 Å². The summed E-state index contributed by atoms with van der Waals surface area (Å²) in [6.45, 7) is 3.99. The standard InChI is InChI=1S/C21H18F3NO3/c1-3-9-28-15-7-8-16-17(11-15)25-19(12(2)18(16)20(26)27)13-5-4-6-14(10-13)21(22,23)24/h4-8,10-11H,3,9H2,1-2H3,(H,26,27). The molecule has 0 saturated heterocycles. The number of aromatic nitrogens is 1. The van der Waals surface area contributed by atoms with Crippen LogP contribution in [-0.2, 0) is 6.18 Å². The van der Waals surface area contributed by atoms with Crippen LogP contribution in [0.15, 0.2) is 42.5 Å². The fourth-order valence-corrected chi connectivity index (χ4v) is 3.05. The Bertz CT molecular complexity index is 1040. The molecule has 0 radical (unpaired) electrons. The summed E-state index contributed by atoms with van der Waals surface area (Å²) in [7, 11) is 0. The first-order valence-electron chi connectivity index (χ1n) is 8.70. The fourth-order valence-electron chi connectivity index (χ4n) is 3.05. The minimum absolute atomic E-state index is 0.0134. The van der Waals surface area contributed by atoms with Crippen LogP contribution in [0.5, 0.6) is 5.75 Å². The first kappa shape index (κ1) is 19.7. The SMILES string of the molecule is CCCOc1ccc2c(C(=O)O)c(C)c(-c3cccc(C(F)(F)F)c3)nc2c1. The van der Waals surface area contributed by atoms with Gasteiger partial charge in [-0.2, -0.15) is 13.2 Å². The second-order valence-electron chi connectivity index (χ2n) is 6.37. The highest BCUT2D eigenvalue weighted by Crippen LogP contribution is 2.35. The summed E-state index contributed by atoms with van der Waals surface area (Å²) >= 11 is 0. The molecule has 0 saturated carbocycles. The van der Waals surface area contributed by atoms with E-state index in [-0.39, 0.29) is 16.8 Å². The average molecular weight is 389 g/mol. The Hall–Kier alpha value is -3.09. The lowest BCUT2D eigenvalue weighted by Crippen LogP contribution is -2.07. The third-order valence-electron chi connectivity index (χ3n) is 4.35. The van der Waals surface area contributed by atoms with Crippen molar-refractivity contribution in [3.63, 3.8) is 0 Å². The topological polar surface area (TPSA) is 59.4 Å². The van der Waals surface area contributed by atoms with Crippen molar-refractivity contribution < 1.29 is 27.8 Å². The van der Waals surface area contributed by atoms with Crippen LogP contribution in [0.2, 0.25) is 0 Å². The number of alkyl halides is 3. The molecular formula is C21H18F3NO3. The van der Waals surface area contributed by atoms with Gasteiger partial charge in [-0.25, -0.2) is 9.78 Å². The Kier molecular flexibility index (Phi) is 5.27. The van der Waals surface area contributed by atoms with Gasteiger partial charge >= 0.3 is 12.1 Å². The summed E-state index contributed by atoms with van der Waals surface area (Å²) in [6, 6.07) is 9.59. The third-order valence-corrected chi connectivity index (χ3v) is 4.35. The average Bonchev–Trinajstić information content (AvgIpc) is 2.65. The number of hydrogen-bond acceptors (Lipinski definition) is 3. The van der Waals surface area contributed by atoms with Crippen molar-refractivity contribution in [3.05, 3.63) is 59.2 Å². The third kappa shape index (κ3) is 3.78. The van der Waals surface area contributed by atoms with Crippen LogP contribution in [0.25, 0.3) is 22.2 Å². The number of hydrogen-bond donors (Lipinski definition) is 1. The summed E-state index contributed by atoms with van der Waals surface area (Å²) in [5.41, 5.74) is 0.258. The molecular weight excluding hydrogens is 371 g/mol. The zero-order valence-electron chi connectivity index (χ0n) is 15.3. The van der Waals surface area contributed by atoms with Crippen LogP contribution < -0.4 is 4.74 Å². The zero-order valence-corrected chi connectivity index (χ0v) is 15.3. The van der Waals surface area contributed by atoms with Crippen LogP contribution in [0, 0.1) is 6.92 Å². The Labute approximate surface area is 159 Å². The first-order valence-corrected chi connectivity index (χ1v) is 8.70. The van der Waals surface area contributed by atoms with E-state index in [2.05, 4.69) is 4.98 Å². The number of fused-ring (bicyclic) bond motifs is 1. The van der Waals surface area contributed by atoms with E-state index in [0.717, 1.165) is 18.6 Å². The number of ether oxygens (including phenoxy) is 1. The number of pyridine rings is 1. The van der Waals surface area contributed by atoms with E-state index in [1.54, 1.807) is 25.1 Å². The van der Waals surface area contributed by atoms with Gasteiger partial charge in [0.05, 0.1) is 28.9 Å². The quantitative estimate of drug-likeness (QED) is 0.607. The monoisotopic (exact) mass is 389 g/mol. The molecule has 4 nitrogen and oxygen atoms in total. The summed E-state index contributed by atoms with van der Waals surface area (Å²) in [6.07, 6.45) is -3.70. The van der Waals surface area contributed by atoms with Gasteiger partial charge in [0.2, 0.25) is 0 Å². The van der Waals surface area contributed by atoms with Crippen molar-refractivity contribution in [3.8, 4) is 17.0 Å². The Balaban J connectivity index is 2.25. The normalized spacial score (nSPS) is 11.6. The second-order valence-corrected chi connectivity index (χ2v) is 6.37. The molecule has 146 valence electrons. The molecule has 3 rings (SSSR count). The number of benzene rings is 2. The van der Waals surface area contributed by atoms with E-state index in [1.165, 1.54) is 12.1 Å². The van der Waals surface area contributed by atoms with Gasteiger partial charge in [-0.3, -0.25) is 0 Å². The van der Waals surface area contributed by atoms with E-state index in [4.69, 9.17) is 4.74 Å². The lowest BCUT2D eigenvalue weighted by Gasteiger charge is -2.14. The highest BCUT2D eigenvalue weighted by atomic mass is 19.4. The van der Waals surface area contributed by atoms with E-state index >= 15 is 0 Å². The molecule has 28 heavy (non-hydrogen) atoms. The molecule has 2 aromatic carbocycles. The summed E-state index contributed by atoms with van der Waals surface area (Å²) in [5.74, 6) is -0.641. The van der Waals surface area contributed by atoms with Gasteiger partial charge in [-0.1, -0.05) is 19.1 Å². The van der Waals surface area contributed by atoms with Gasteiger partial charge in [0.25, 0.3) is 0 Å². The van der Waals surface area contributed by atoms with Crippen molar-refractivity contribution >= 4 is 16.9 Å². The van der Waals surface area contributed by atoms with Crippen molar-refractivity contribution in [2.45, 2.75) is 26.4 Å². The molecule has 0 amide bonds. The number of carboxylic acid groups (broad SMARTS) is 1. The number of carboxylic acids is 1. The van der Waals surface area contributed by atoms with Gasteiger partial charge in [-0.05, 0) is 43.2 Å². The molecule has 0 atom stereocenters. The molecule has 0 bridgehead atoms. The van der Waals surface area contributed by atoms with Gasteiger partial charge in [0.15, 0.2) is 0 Å². The van der Waals surface area contributed by atoms with E-state index < -0.39 is 17.7 Å². The van der Waals surface area contributed by atoms with Gasteiger partial charge in [-0.15, -0.1) is 0 Å². The molecule has 0 unspecified atom stereocenters. The number of aromatic carboxylic acids is 1. The predicted molar refractivity (Wildman–Crippen MR) is 99.7 cm³/mol. The lowest BCUT2D eigenvalue weighted by atomic mass is 9.97. The van der Waals surface area contributed by atoms with Crippen molar-refractivity contribution in [2.75, 3.05) is 6.61 Å². The van der Waals surface area contributed by atoms with E-state index in [0.29, 0.717) is 28.8 Å². The van der Waals surface area contributed by atoms with Crippen molar-refractivity contribution in [1.82, 2.24) is 4.98 Å². The summed E-state index contributed by atoms with van der Waals surface area (Å²) in [5, 5.41) is 10.1. The summed E-state index contributed by atoms with van der Waals surface area (Å²) < 4.78 is 44.8. The molecule has 1 heterocycles. The molecule has 0 aliphatic heterocycles. The van der Waals surface area contributed by atoms with E-state index in [9.17, 15) is 23.1 Å². The van der Waals surface area contributed by atoms with Gasteiger partial charge in [0, 0.05) is 17.0 Å². The summed E-state index contributed by atoms with van der Waals surface area (Å²) in [4.78, 5) is 16.3. The van der Waals surface area contributed by atoms with Crippen LogP contribution >= 0.6 is 0 Å². The Morgan fingerprint density at radius 3 is 2.57 bits per heavy atom. The molecule has 0 aliphatic rings. The number of halogens is 3. The maximum Gasteiger partial charge on any atom is 0.416 e. The van der Waals surface area contributed by atoms with Crippen LogP contribution in [-0.4, -0.2) is 22.7 Å². The minimum atomic E-state index is -4.50. The molecule has 7 heteroatoms. The highest BCUT2D eigenvalue weighted by Gasteiger charge is 2.31. The smallest absolute Gasteiger partial charge is 0.416 e. The molecule has 1 N–H and O–H groups in total. The van der Waals surface area contributed by atoms with E-state index in [1.807, 2.05) is 6.92 Å². The van der Waals surface area contributed by atoms with Crippen LogP contribution in [0.4, 0.5) is 13.2 Å². The Morgan fingerprint density at radius 1 is 1.18 bits per heavy atom. The predicted octanol–water partition coefficient (Wildman–Crippen LogP) is 5.72. The second kappa shape index (κ2) is 7.50. The molecule has 0 aliphatic carbocycles. The molecule has 3 aromatic rings. The first-order chi connectivity index (χ1) is 13.2. The van der Waals surface area contributed by atoms with Crippen LogP contribution in [0.3, 0.4) is 0 Å². The molecule has 0 fully saturated rings.